The number of aromatic hydroxyl groups is 1. The number of carboxylic acid groups (broad SMARTS) is 1. The lowest BCUT2D eigenvalue weighted by molar-refractivity contribution is -0.137. The van der Waals surface area contributed by atoms with Crippen molar-refractivity contribution in [1.29, 1.82) is 0 Å². The normalized spacial score (nSPS) is 14.0. The van der Waals surface area contributed by atoms with E-state index in [1.54, 1.807) is 33.9 Å². The van der Waals surface area contributed by atoms with Gasteiger partial charge in [0.15, 0.2) is 0 Å². The van der Waals surface area contributed by atoms with E-state index in [4.69, 9.17) is 10.8 Å². The molecule has 2 heterocycles. The molecule has 1 aliphatic heterocycles. The number of phenols is 1. The number of aliphatic hydroxyl groups is 1. The predicted octanol–water partition coefficient (Wildman–Crippen LogP) is 5.54. The highest BCUT2D eigenvalue weighted by Crippen LogP contribution is 2.31. The SMILES string of the molecule is CC(C)(C)CC(=O)N1CCC(O)C1.Cc1ncsc1-c1ccc(CNC=O)c(O)c1.NC(=O)CCCCCCCCCCC(=O)O. The number of nitrogens with one attached hydrogen (secondary N) is 1. The summed E-state index contributed by atoms with van der Waals surface area (Å²) in [5.74, 6) is -0.561. The zero-order chi connectivity index (χ0) is 34.5. The van der Waals surface area contributed by atoms with Gasteiger partial charge >= 0.3 is 5.97 Å². The van der Waals surface area contributed by atoms with Gasteiger partial charge in [0.2, 0.25) is 18.2 Å². The van der Waals surface area contributed by atoms with Crippen LogP contribution >= 0.6 is 11.3 Å². The monoisotopic (exact) mass is 662 g/mol. The number of unbranched alkanes of at least 4 members (excludes halogenated alkanes) is 7. The summed E-state index contributed by atoms with van der Waals surface area (Å²) in [7, 11) is 0. The molecule has 1 aromatic carbocycles. The van der Waals surface area contributed by atoms with Crippen molar-refractivity contribution in [2.45, 2.75) is 117 Å². The molecule has 1 unspecified atom stereocenters. The largest absolute Gasteiger partial charge is 0.508 e. The van der Waals surface area contributed by atoms with Gasteiger partial charge in [-0.25, -0.2) is 4.98 Å². The lowest BCUT2D eigenvalue weighted by atomic mass is 9.92. The number of hydrogen-bond acceptors (Lipinski definition) is 8. The van der Waals surface area contributed by atoms with Crippen molar-refractivity contribution in [1.82, 2.24) is 15.2 Å². The minimum atomic E-state index is -0.702. The number of aliphatic carboxylic acids is 1. The molecule has 2 aromatic rings. The first kappa shape index (κ1) is 40.5. The third-order valence-corrected chi connectivity index (χ3v) is 8.21. The number of aryl methyl sites for hydroxylation is 1. The van der Waals surface area contributed by atoms with Crippen molar-refractivity contribution in [3.8, 4) is 16.2 Å². The molecule has 0 bridgehead atoms. The van der Waals surface area contributed by atoms with Crippen LogP contribution in [0.4, 0.5) is 0 Å². The molecular formula is C34H54N4O7S. The molecule has 1 fully saturated rings. The predicted molar refractivity (Wildman–Crippen MR) is 181 cm³/mol. The van der Waals surface area contributed by atoms with E-state index >= 15 is 0 Å². The number of β-amino-alcohol motifs (C(OH)–C–C–N with tert-alkyl or cyclic N) is 1. The Labute approximate surface area is 277 Å². The Bertz CT molecular complexity index is 1190. The highest BCUT2D eigenvalue weighted by Gasteiger charge is 2.27. The van der Waals surface area contributed by atoms with Crippen LogP contribution in [0.1, 0.15) is 109 Å². The van der Waals surface area contributed by atoms with Crippen LogP contribution in [0.3, 0.4) is 0 Å². The number of primary amides is 1. The Morgan fingerprint density at radius 3 is 2.13 bits per heavy atom. The van der Waals surface area contributed by atoms with Gasteiger partial charge in [0, 0.05) is 44.5 Å². The molecule has 3 rings (SSSR count). The molecule has 11 nitrogen and oxygen atoms in total. The van der Waals surface area contributed by atoms with E-state index < -0.39 is 5.97 Å². The number of rotatable bonds is 16. The molecule has 46 heavy (non-hydrogen) atoms. The summed E-state index contributed by atoms with van der Waals surface area (Å²) in [6.07, 6.45) is 10.8. The molecule has 6 N–H and O–H groups in total. The van der Waals surface area contributed by atoms with Crippen molar-refractivity contribution >= 4 is 35.5 Å². The third kappa shape index (κ3) is 18.5. The van der Waals surface area contributed by atoms with E-state index in [9.17, 15) is 29.4 Å². The molecule has 12 heteroatoms. The number of benzene rings is 1. The number of carbonyl (C=O) groups is 4. The molecule has 1 aromatic heterocycles. The van der Waals surface area contributed by atoms with E-state index in [0.29, 0.717) is 44.3 Å². The Morgan fingerprint density at radius 2 is 1.67 bits per heavy atom. The quantitative estimate of drug-likeness (QED) is 0.115. The van der Waals surface area contributed by atoms with Crippen molar-refractivity contribution in [2.75, 3.05) is 13.1 Å². The second kappa shape index (κ2) is 22.1. The second-order valence-electron chi connectivity index (χ2n) is 12.8. The summed E-state index contributed by atoms with van der Waals surface area (Å²) in [5.41, 5.74) is 9.44. The summed E-state index contributed by atoms with van der Waals surface area (Å²) in [6.45, 7) is 9.67. The summed E-state index contributed by atoms with van der Waals surface area (Å²) < 4.78 is 0. The molecule has 3 amide bonds. The number of carbonyl (C=O) groups excluding carboxylic acids is 3. The lowest BCUT2D eigenvalue weighted by Gasteiger charge is -2.22. The molecule has 0 radical (unpaired) electrons. The fraction of sp³-hybridized carbons (Fsp3) is 0.618. The molecular weight excluding hydrogens is 608 g/mol. The molecule has 0 spiro atoms. The van der Waals surface area contributed by atoms with E-state index in [0.717, 1.165) is 74.0 Å². The number of thiazole rings is 1. The molecule has 0 aliphatic carbocycles. The van der Waals surface area contributed by atoms with Gasteiger partial charge in [-0.15, -0.1) is 11.3 Å². The fourth-order valence-corrected chi connectivity index (χ4v) is 5.56. The van der Waals surface area contributed by atoms with Crippen molar-refractivity contribution in [3.05, 3.63) is 35.0 Å². The zero-order valence-corrected chi connectivity index (χ0v) is 28.7. The van der Waals surface area contributed by atoms with Gasteiger partial charge in [0.25, 0.3) is 0 Å². The van der Waals surface area contributed by atoms with Crippen molar-refractivity contribution in [3.63, 3.8) is 0 Å². The van der Waals surface area contributed by atoms with E-state index in [1.807, 2.05) is 13.0 Å². The zero-order valence-electron chi connectivity index (χ0n) is 27.9. The van der Waals surface area contributed by atoms with Crippen molar-refractivity contribution < 1.29 is 34.5 Å². The van der Waals surface area contributed by atoms with Gasteiger partial charge in [-0.2, -0.15) is 0 Å². The number of amides is 3. The maximum absolute atomic E-state index is 11.6. The van der Waals surface area contributed by atoms with Gasteiger partial charge in [0.1, 0.15) is 5.75 Å². The van der Waals surface area contributed by atoms with Gasteiger partial charge in [0.05, 0.1) is 22.2 Å². The number of aliphatic hydroxyl groups excluding tert-OH is 1. The number of aromatic nitrogens is 1. The van der Waals surface area contributed by atoms with E-state index in [2.05, 4.69) is 31.1 Å². The smallest absolute Gasteiger partial charge is 0.303 e. The summed E-state index contributed by atoms with van der Waals surface area (Å²) in [5, 5.41) is 30.0. The minimum absolute atomic E-state index is 0.0463. The van der Waals surface area contributed by atoms with Gasteiger partial charge < -0.3 is 31.3 Å². The van der Waals surface area contributed by atoms with Crippen LogP contribution in [0.25, 0.3) is 10.4 Å². The number of phenolic OH excluding ortho intramolecular Hbond substituents is 1. The Hall–Kier alpha value is -3.51. The van der Waals surface area contributed by atoms with Crippen molar-refractivity contribution in [2.24, 2.45) is 11.1 Å². The third-order valence-electron chi connectivity index (χ3n) is 7.23. The van der Waals surface area contributed by atoms with Crippen LogP contribution in [0, 0.1) is 12.3 Å². The summed E-state index contributed by atoms with van der Waals surface area (Å²) in [6, 6.07) is 5.42. The van der Waals surface area contributed by atoms with Crippen LogP contribution in [0.15, 0.2) is 23.7 Å². The molecule has 1 atom stereocenters. The van der Waals surface area contributed by atoms with Gasteiger partial charge in [-0.05, 0) is 43.2 Å². The number of carboxylic acids is 1. The highest BCUT2D eigenvalue weighted by atomic mass is 32.1. The molecule has 0 saturated carbocycles. The minimum Gasteiger partial charge on any atom is -0.508 e. The second-order valence-corrected chi connectivity index (χ2v) is 13.7. The van der Waals surface area contributed by atoms with Crippen LogP contribution in [0.5, 0.6) is 5.75 Å². The molecule has 258 valence electrons. The van der Waals surface area contributed by atoms with Gasteiger partial charge in [-0.1, -0.05) is 71.4 Å². The summed E-state index contributed by atoms with van der Waals surface area (Å²) in [4.78, 5) is 49.5. The Morgan fingerprint density at radius 1 is 1.07 bits per heavy atom. The van der Waals surface area contributed by atoms with Crippen LogP contribution in [0.2, 0.25) is 0 Å². The highest BCUT2D eigenvalue weighted by molar-refractivity contribution is 7.13. The topological polar surface area (TPSA) is 183 Å². The Kier molecular flexibility index (Phi) is 19.5. The Balaban J connectivity index is 0.000000348. The first-order valence-electron chi connectivity index (χ1n) is 16.1. The maximum Gasteiger partial charge on any atom is 0.303 e. The first-order chi connectivity index (χ1) is 21.7. The fourth-order valence-electron chi connectivity index (χ4n) is 4.76. The number of hydrogen-bond donors (Lipinski definition) is 5. The maximum atomic E-state index is 11.6. The van der Waals surface area contributed by atoms with Gasteiger partial charge in [-0.3, -0.25) is 19.2 Å². The standard InChI is InChI=1S/C12H12N2O2S.C12H23NO3.C10H19NO2/c1-8-12(17-7-14-8)9-2-3-10(5-13-6-15)11(16)4-9;13-11(14)9-7-5-3-1-2-4-6-8-10-12(15)16;1-10(2,3)6-9(13)11-5-4-8(12)7-11/h2-4,6-7,16H,5H2,1H3,(H,13,15);1-10H2,(H2,13,14)(H,15,16);8,12H,4-7H2,1-3H3. The van der Waals surface area contributed by atoms with E-state index in [1.165, 1.54) is 6.42 Å². The van der Waals surface area contributed by atoms with Crippen LogP contribution in [-0.2, 0) is 25.7 Å². The average Bonchev–Trinajstić information content (AvgIpc) is 3.61. The summed E-state index contributed by atoms with van der Waals surface area (Å²) >= 11 is 1.54. The van der Waals surface area contributed by atoms with Crippen LogP contribution < -0.4 is 11.1 Å². The number of nitrogens with two attached hydrogens (primary N) is 1. The lowest BCUT2D eigenvalue weighted by Crippen LogP contribution is -2.32. The molecule has 1 saturated heterocycles. The number of likely N-dealkylation sites (tertiary alicyclic amines) is 1. The van der Waals surface area contributed by atoms with Crippen LogP contribution in [-0.4, -0.2) is 68.6 Å². The molecule has 1 aliphatic rings. The van der Waals surface area contributed by atoms with E-state index in [-0.39, 0.29) is 29.1 Å². The average molecular weight is 663 g/mol. The number of nitrogens with zero attached hydrogens (tertiary/aromatic N) is 2. The first-order valence-corrected chi connectivity index (χ1v) is 17.0.